The lowest BCUT2D eigenvalue weighted by Gasteiger charge is -2.11. The summed E-state index contributed by atoms with van der Waals surface area (Å²) < 4.78 is 3.16. The molecule has 0 aromatic carbocycles. The van der Waals surface area contributed by atoms with Crippen molar-refractivity contribution in [2.75, 3.05) is 0 Å². The largest absolute Gasteiger partial charge is 0.404 e. The molecule has 0 bridgehead atoms. The van der Waals surface area contributed by atoms with Crippen LogP contribution >= 0.6 is 34.8 Å². The monoisotopic (exact) mass is 294 g/mol. The molecule has 1 aromatic heterocycles. The number of halogens is 3. The summed E-state index contributed by atoms with van der Waals surface area (Å²) in [5, 5.41) is 0. The average Bonchev–Trinajstić information content (AvgIpc) is 2.15. The highest BCUT2D eigenvalue weighted by Crippen LogP contribution is 2.36. The number of esters is 1. The van der Waals surface area contributed by atoms with Gasteiger partial charge in [0, 0.05) is 17.8 Å². The summed E-state index contributed by atoms with van der Waals surface area (Å²) in [6.45, 7) is 3.37. The summed E-state index contributed by atoms with van der Waals surface area (Å²) in [6, 6.07) is 1.47. The van der Waals surface area contributed by atoms with Crippen molar-refractivity contribution in [2.45, 2.75) is 17.6 Å². The van der Waals surface area contributed by atoms with Crippen molar-refractivity contribution in [2.24, 2.45) is 0 Å². The Hall–Kier alpha value is -0.840. The first-order valence-corrected chi connectivity index (χ1v) is 5.73. The first-order valence-electron chi connectivity index (χ1n) is 4.60. The van der Waals surface area contributed by atoms with E-state index < -0.39 is 9.76 Å². The molecular weight excluding hydrogens is 286 g/mol. The molecule has 7 heteroatoms. The number of ether oxygens (including phenoxy) is 1. The van der Waals surface area contributed by atoms with Gasteiger partial charge in [-0.05, 0) is 13.8 Å². The van der Waals surface area contributed by atoms with Gasteiger partial charge in [0.25, 0.3) is 0 Å². The molecule has 0 aliphatic rings. The van der Waals surface area contributed by atoms with E-state index in [-0.39, 0.29) is 11.7 Å². The van der Waals surface area contributed by atoms with Gasteiger partial charge in [-0.15, -0.1) is 0 Å². The summed E-state index contributed by atoms with van der Waals surface area (Å²) in [6.07, 6.45) is 2.80. The molecule has 92 valence electrons. The zero-order valence-corrected chi connectivity index (χ0v) is 11.3. The van der Waals surface area contributed by atoms with Crippen LogP contribution in [0.2, 0.25) is 0 Å². The van der Waals surface area contributed by atoms with Gasteiger partial charge in [0.1, 0.15) is 0 Å². The number of aromatic nitrogens is 2. The fourth-order valence-corrected chi connectivity index (χ4v) is 1.25. The second-order valence-corrected chi connectivity index (χ2v) is 5.37. The minimum Gasteiger partial charge on any atom is -0.404 e. The summed E-state index contributed by atoms with van der Waals surface area (Å²) in [5.41, 5.74) is 0.532. The Bertz CT molecular complexity index is 455. The van der Waals surface area contributed by atoms with Crippen molar-refractivity contribution in [3.05, 3.63) is 29.7 Å². The third-order valence-electron chi connectivity index (χ3n) is 1.59. The van der Waals surface area contributed by atoms with Gasteiger partial charge in [-0.25, -0.2) is 9.78 Å². The third kappa shape index (κ3) is 4.50. The molecule has 0 saturated carbocycles. The number of allylic oxidation sites excluding steroid dienone is 1. The van der Waals surface area contributed by atoms with E-state index >= 15 is 0 Å². The molecule has 1 heterocycles. The Morgan fingerprint density at radius 3 is 2.59 bits per heavy atom. The number of hydrogen-bond acceptors (Lipinski definition) is 4. The van der Waals surface area contributed by atoms with Crippen LogP contribution in [0, 0.1) is 6.92 Å². The molecule has 0 atom stereocenters. The van der Waals surface area contributed by atoms with E-state index in [9.17, 15) is 4.79 Å². The summed E-state index contributed by atoms with van der Waals surface area (Å²) in [5.74, 6) is -0.548. The zero-order valence-electron chi connectivity index (χ0n) is 9.08. The first kappa shape index (κ1) is 14.2. The molecule has 0 N–H and O–H groups in total. The van der Waals surface area contributed by atoms with Crippen molar-refractivity contribution in [1.82, 2.24) is 9.97 Å². The van der Waals surface area contributed by atoms with Gasteiger partial charge in [0.15, 0.2) is 5.82 Å². The van der Waals surface area contributed by atoms with Gasteiger partial charge < -0.3 is 4.74 Å². The molecule has 1 aromatic rings. The molecule has 0 amide bonds. The van der Waals surface area contributed by atoms with Crippen LogP contribution in [0.1, 0.15) is 18.4 Å². The van der Waals surface area contributed by atoms with E-state index in [4.69, 9.17) is 39.5 Å². The predicted molar refractivity (Wildman–Crippen MR) is 66.5 cm³/mol. The number of hydrogen-bond donors (Lipinski definition) is 0. The fourth-order valence-electron chi connectivity index (χ4n) is 0.992. The second-order valence-electron chi connectivity index (χ2n) is 3.09. The van der Waals surface area contributed by atoms with Crippen LogP contribution < -0.4 is 4.74 Å². The summed E-state index contributed by atoms with van der Waals surface area (Å²) >= 11 is 17.0. The number of alkyl halides is 3. The van der Waals surface area contributed by atoms with Crippen LogP contribution in [0.3, 0.4) is 0 Å². The fraction of sp³-hybridized carbons (Fsp3) is 0.300. The molecule has 0 unspecified atom stereocenters. The number of nitrogens with zero attached hydrogens (tertiary/aromatic N) is 2. The quantitative estimate of drug-likeness (QED) is 0.478. The molecular formula is C10H9Cl3N2O2. The minimum atomic E-state index is -1.76. The van der Waals surface area contributed by atoms with E-state index in [0.717, 1.165) is 0 Å². The topological polar surface area (TPSA) is 52.1 Å². The summed E-state index contributed by atoms with van der Waals surface area (Å²) in [7, 11) is 0. The van der Waals surface area contributed by atoms with Crippen molar-refractivity contribution < 1.29 is 9.53 Å². The van der Waals surface area contributed by atoms with Crippen LogP contribution in [0.15, 0.2) is 18.2 Å². The van der Waals surface area contributed by atoms with Crippen LogP contribution in [-0.4, -0.2) is 15.9 Å². The smallest absolute Gasteiger partial charge is 0.337 e. The highest BCUT2D eigenvalue weighted by molar-refractivity contribution is 6.66. The lowest BCUT2D eigenvalue weighted by Crippen LogP contribution is -2.12. The molecule has 1 rings (SSSR count). The van der Waals surface area contributed by atoms with E-state index in [1.807, 2.05) is 0 Å². The molecule has 0 saturated heterocycles. The maximum Gasteiger partial charge on any atom is 0.337 e. The molecule has 0 fully saturated rings. The van der Waals surface area contributed by atoms with Crippen LogP contribution in [0.4, 0.5) is 0 Å². The number of aryl methyl sites for hydroxylation is 1. The lowest BCUT2D eigenvalue weighted by molar-refractivity contribution is -0.129. The van der Waals surface area contributed by atoms with E-state index in [1.54, 1.807) is 19.9 Å². The number of carbonyl (C=O) groups is 1. The first-order chi connectivity index (χ1) is 7.82. The number of rotatable bonds is 2. The zero-order chi connectivity index (χ0) is 13.1. The van der Waals surface area contributed by atoms with Crippen molar-refractivity contribution in [3.63, 3.8) is 0 Å². The van der Waals surface area contributed by atoms with E-state index in [2.05, 4.69) is 9.97 Å². The Labute approximate surface area is 114 Å². The highest BCUT2D eigenvalue weighted by atomic mass is 35.6. The molecule has 17 heavy (non-hydrogen) atoms. The normalized spacial score (nSPS) is 11.8. The molecule has 0 aliphatic heterocycles. The third-order valence-corrected chi connectivity index (χ3v) is 2.10. The SMILES string of the molecule is CC=CC(=O)Oc1cc(C)nc(C(Cl)(Cl)Cl)n1. The van der Waals surface area contributed by atoms with Gasteiger partial charge >= 0.3 is 5.97 Å². The minimum absolute atomic E-state index is 0.0363. The number of carbonyl (C=O) groups excluding carboxylic acids is 1. The van der Waals surface area contributed by atoms with Crippen LogP contribution in [0.5, 0.6) is 5.88 Å². The Balaban J connectivity index is 3.02. The van der Waals surface area contributed by atoms with Crippen molar-refractivity contribution >= 4 is 40.8 Å². The van der Waals surface area contributed by atoms with Gasteiger partial charge in [-0.3, -0.25) is 0 Å². The maximum atomic E-state index is 11.2. The van der Waals surface area contributed by atoms with Crippen LogP contribution in [-0.2, 0) is 8.59 Å². The van der Waals surface area contributed by atoms with Crippen LogP contribution in [0.25, 0.3) is 0 Å². The second kappa shape index (κ2) is 5.67. The molecule has 4 nitrogen and oxygen atoms in total. The van der Waals surface area contributed by atoms with Gasteiger partial charge in [-0.2, -0.15) is 4.98 Å². The standard InChI is InChI=1S/C10H9Cl3N2O2/c1-3-4-8(16)17-7-5-6(2)14-9(15-7)10(11,12)13/h3-5H,1-2H3. The van der Waals surface area contributed by atoms with Gasteiger partial charge in [0.05, 0.1) is 0 Å². The lowest BCUT2D eigenvalue weighted by atomic mass is 10.4. The molecule has 0 aliphatic carbocycles. The molecule has 0 radical (unpaired) electrons. The Morgan fingerprint density at radius 1 is 1.41 bits per heavy atom. The predicted octanol–water partition coefficient (Wildman–Crippen LogP) is 3.09. The highest BCUT2D eigenvalue weighted by Gasteiger charge is 2.27. The van der Waals surface area contributed by atoms with Crippen molar-refractivity contribution in [3.8, 4) is 5.88 Å². The summed E-state index contributed by atoms with van der Waals surface area (Å²) in [4.78, 5) is 19.0. The van der Waals surface area contributed by atoms with Gasteiger partial charge in [-0.1, -0.05) is 40.9 Å². The Kier molecular flexibility index (Phi) is 4.74. The Morgan fingerprint density at radius 2 is 2.06 bits per heavy atom. The average molecular weight is 296 g/mol. The van der Waals surface area contributed by atoms with Gasteiger partial charge in [0.2, 0.25) is 9.67 Å². The van der Waals surface area contributed by atoms with E-state index in [1.165, 1.54) is 12.1 Å². The van der Waals surface area contributed by atoms with Crippen molar-refractivity contribution in [1.29, 1.82) is 0 Å². The van der Waals surface area contributed by atoms with E-state index in [0.29, 0.717) is 5.69 Å². The maximum absolute atomic E-state index is 11.2. The molecule has 0 spiro atoms.